The summed E-state index contributed by atoms with van der Waals surface area (Å²) < 4.78 is 0. The molecule has 0 spiro atoms. The van der Waals surface area contributed by atoms with Crippen molar-refractivity contribution in [3.05, 3.63) is 21.9 Å². The molecule has 0 bridgehead atoms. The summed E-state index contributed by atoms with van der Waals surface area (Å²) in [5.74, 6) is 0.765. The van der Waals surface area contributed by atoms with Crippen LogP contribution in [-0.2, 0) is 5.41 Å². The Labute approximate surface area is 90.3 Å². The van der Waals surface area contributed by atoms with E-state index in [1.165, 1.54) is 22.6 Å². The van der Waals surface area contributed by atoms with E-state index in [2.05, 4.69) is 32.9 Å². The van der Waals surface area contributed by atoms with Crippen molar-refractivity contribution in [1.82, 2.24) is 0 Å². The second-order valence-corrected chi connectivity index (χ2v) is 6.43. The van der Waals surface area contributed by atoms with Crippen LogP contribution in [0.2, 0.25) is 0 Å². The highest BCUT2D eigenvalue weighted by Gasteiger charge is 2.31. The Kier molecular flexibility index (Phi) is 2.44. The van der Waals surface area contributed by atoms with Gasteiger partial charge in [-0.3, -0.25) is 0 Å². The zero-order valence-corrected chi connectivity index (χ0v) is 10.0. The zero-order valence-electron chi connectivity index (χ0n) is 9.21. The third-order valence-electron chi connectivity index (χ3n) is 2.82. The summed E-state index contributed by atoms with van der Waals surface area (Å²) in [6.07, 6.45) is 2.65. The Morgan fingerprint density at radius 3 is 2.43 bits per heavy atom. The molecule has 1 aliphatic rings. The van der Waals surface area contributed by atoms with Gasteiger partial charge < -0.3 is 5.73 Å². The van der Waals surface area contributed by atoms with Crippen LogP contribution < -0.4 is 5.73 Å². The van der Waals surface area contributed by atoms with Crippen LogP contribution in [0.15, 0.2) is 12.1 Å². The first-order chi connectivity index (χ1) is 6.48. The van der Waals surface area contributed by atoms with Gasteiger partial charge in [-0.1, -0.05) is 20.8 Å². The summed E-state index contributed by atoms with van der Waals surface area (Å²) in [6.45, 7) is 6.77. The lowest BCUT2D eigenvalue weighted by Crippen LogP contribution is -2.10. The first kappa shape index (κ1) is 10.2. The molecule has 1 saturated carbocycles. The molecule has 14 heavy (non-hydrogen) atoms. The highest BCUT2D eigenvalue weighted by atomic mass is 32.1. The van der Waals surface area contributed by atoms with Gasteiger partial charge in [-0.05, 0) is 36.3 Å². The van der Waals surface area contributed by atoms with Crippen LogP contribution in [0.5, 0.6) is 0 Å². The van der Waals surface area contributed by atoms with E-state index in [9.17, 15) is 0 Å². The molecular weight excluding hydrogens is 190 g/mol. The van der Waals surface area contributed by atoms with E-state index in [1.807, 2.05) is 11.3 Å². The fourth-order valence-electron chi connectivity index (χ4n) is 1.62. The summed E-state index contributed by atoms with van der Waals surface area (Å²) in [6, 6.07) is 4.76. The molecule has 0 saturated heterocycles. The van der Waals surface area contributed by atoms with Crippen LogP contribution in [0.25, 0.3) is 0 Å². The van der Waals surface area contributed by atoms with Gasteiger partial charge in [0.25, 0.3) is 0 Å². The van der Waals surface area contributed by atoms with Crippen LogP contribution in [-0.4, -0.2) is 0 Å². The second-order valence-electron chi connectivity index (χ2n) is 5.32. The van der Waals surface area contributed by atoms with Gasteiger partial charge in [0.05, 0.1) is 0 Å². The third kappa shape index (κ3) is 2.01. The molecule has 0 aromatic carbocycles. The Morgan fingerprint density at radius 2 is 2.00 bits per heavy atom. The molecule has 1 aromatic heterocycles. The highest BCUT2D eigenvalue weighted by Crippen LogP contribution is 2.42. The molecule has 1 aliphatic carbocycles. The Hall–Kier alpha value is -0.340. The lowest BCUT2D eigenvalue weighted by Gasteiger charge is -2.15. The SMILES string of the molecule is CC(C)(C)c1ccc(C(N)C2CC2)s1. The highest BCUT2D eigenvalue weighted by molar-refractivity contribution is 7.12. The van der Waals surface area contributed by atoms with Gasteiger partial charge in [-0.15, -0.1) is 11.3 Å². The molecule has 1 fully saturated rings. The van der Waals surface area contributed by atoms with Gasteiger partial charge in [-0.2, -0.15) is 0 Å². The Morgan fingerprint density at radius 1 is 1.36 bits per heavy atom. The lowest BCUT2D eigenvalue weighted by atomic mass is 9.95. The number of rotatable bonds is 2. The quantitative estimate of drug-likeness (QED) is 0.793. The van der Waals surface area contributed by atoms with Gasteiger partial charge >= 0.3 is 0 Å². The summed E-state index contributed by atoms with van der Waals surface area (Å²) >= 11 is 1.89. The topological polar surface area (TPSA) is 26.0 Å². The lowest BCUT2D eigenvalue weighted by molar-refractivity contribution is 0.604. The molecule has 1 atom stereocenters. The molecule has 2 heteroatoms. The molecule has 78 valence electrons. The molecule has 1 unspecified atom stereocenters. The zero-order chi connectivity index (χ0) is 10.3. The average molecular weight is 209 g/mol. The fourth-order valence-corrected chi connectivity index (χ4v) is 2.78. The number of hydrogen-bond donors (Lipinski definition) is 1. The minimum Gasteiger partial charge on any atom is -0.323 e. The fraction of sp³-hybridized carbons (Fsp3) is 0.667. The Balaban J connectivity index is 2.16. The average Bonchev–Trinajstić information content (AvgIpc) is 2.79. The predicted molar refractivity (Wildman–Crippen MR) is 62.7 cm³/mol. The summed E-state index contributed by atoms with van der Waals surface area (Å²) in [5.41, 5.74) is 6.44. The van der Waals surface area contributed by atoms with E-state index >= 15 is 0 Å². The van der Waals surface area contributed by atoms with Crippen molar-refractivity contribution in [2.45, 2.75) is 45.1 Å². The number of hydrogen-bond acceptors (Lipinski definition) is 2. The molecule has 1 heterocycles. The Bertz CT molecular complexity index is 317. The predicted octanol–water partition coefficient (Wildman–Crippen LogP) is 3.46. The maximum absolute atomic E-state index is 6.17. The van der Waals surface area contributed by atoms with Crippen molar-refractivity contribution in [3.63, 3.8) is 0 Å². The van der Waals surface area contributed by atoms with Crippen LogP contribution >= 0.6 is 11.3 Å². The smallest absolute Gasteiger partial charge is 0.0418 e. The summed E-state index contributed by atoms with van der Waals surface area (Å²) in [4.78, 5) is 2.82. The van der Waals surface area contributed by atoms with Crippen molar-refractivity contribution in [1.29, 1.82) is 0 Å². The third-order valence-corrected chi connectivity index (χ3v) is 4.44. The minimum atomic E-state index is 0.270. The summed E-state index contributed by atoms with van der Waals surface area (Å²) in [5, 5.41) is 0. The van der Waals surface area contributed by atoms with Crippen molar-refractivity contribution >= 4 is 11.3 Å². The van der Waals surface area contributed by atoms with E-state index in [0.717, 1.165) is 5.92 Å². The number of thiophene rings is 1. The molecule has 0 amide bonds. The summed E-state index contributed by atoms with van der Waals surface area (Å²) in [7, 11) is 0. The van der Waals surface area contributed by atoms with Crippen LogP contribution in [0, 0.1) is 5.92 Å². The normalized spacial score (nSPS) is 19.7. The largest absolute Gasteiger partial charge is 0.323 e. The molecule has 0 radical (unpaired) electrons. The van der Waals surface area contributed by atoms with Crippen molar-refractivity contribution in [2.75, 3.05) is 0 Å². The van der Waals surface area contributed by atoms with E-state index in [4.69, 9.17) is 5.73 Å². The molecule has 1 nitrogen and oxygen atoms in total. The molecular formula is C12H19NS. The van der Waals surface area contributed by atoms with Crippen LogP contribution in [0.1, 0.15) is 49.4 Å². The van der Waals surface area contributed by atoms with E-state index in [-0.39, 0.29) is 5.41 Å². The minimum absolute atomic E-state index is 0.270. The van der Waals surface area contributed by atoms with Gasteiger partial charge in [0.15, 0.2) is 0 Å². The first-order valence-electron chi connectivity index (χ1n) is 5.34. The number of nitrogens with two attached hydrogens (primary N) is 1. The molecule has 2 rings (SSSR count). The van der Waals surface area contributed by atoms with Crippen molar-refractivity contribution < 1.29 is 0 Å². The maximum Gasteiger partial charge on any atom is 0.0418 e. The van der Waals surface area contributed by atoms with Crippen molar-refractivity contribution in [3.8, 4) is 0 Å². The van der Waals surface area contributed by atoms with Crippen molar-refractivity contribution in [2.24, 2.45) is 11.7 Å². The molecule has 2 N–H and O–H groups in total. The van der Waals surface area contributed by atoms with Gasteiger partial charge in [-0.25, -0.2) is 0 Å². The standard InChI is InChI=1S/C12H19NS/c1-12(2,3)10-7-6-9(14-10)11(13)8-4-5-8/h6-8,11H,4-5,13H2,1-3H3. The first-order valence-corrected chi connectivity index (χ1v) is 6.16. The van der Waals surface area contributed by atoms with Crippen LogP contribution in [0.3, 0.4) is 0 Å². The monoisotopic (exact) mass is 209 g/mol. The van der Waals surface area contributed by atoms with E-state index < -0.39 is 0 Å². The van der Waals surface area contributed by atoms with E-state index in [0.29, 0.717) is 6.04 Å². The molecule has 1 aromatic rings. The van der Waals surface area contributed by atoms with Crippen LogP contribution in [0.4, 0.5) is 0 Å². The van der Waals surface area contributed by atoms with Gasteiger partial charge in [0.2, 0.25) is 0 Å². The van der Waals surface area contributed by atoms with E-state index in [1.54, 1.807) is 0 Å². The maximum atomic E-state index is 6.17. The van der Waals surface area contributed by atoms with Gasteiger partial charge in [0, 0.05) is 15.8 Å². The second kappa shape index (κ2) is 3.35. The van der Waals surface area contributed by atoms with Gasteiger partial charge in [0.1, 0.15) is 0 Å². The molecule has 0 aliphatic heterocycles.